The highest BCUT2D eigenvalue weighted by atomic mass is 14.1. The van der Waals surface area contributed by atoms with Crippen LogP contribution in [0.2, 0.25) is 0 Å². The van der Waals surface area contributed by atoms with Gasteiger partial charge in [-0.1, -0.05) is 77.9 Å². The van der Waals surface area contributed by atoms with Crippen molar-refractivity contribution in [2.24, 2.45) is 0 Å². The molecule has 0 radical (unpaired) electrons. The smallest absolute Gasteiger partial charge is 0.0102 e. The molecule has 0 aliphatic heterocycles. The molecule has 4 aromatic rings. The van der Waals surface area contributed by atoms with Crippen LogP contribution in [0, 0.1) is 27.7 Å². The van der Waals surface area contributed by atoms with E-state index in [1.165, 1.54) is 54.9 Å². The van der Waals surface area contributed by atoms with E-state index < -0.39 is 0 Å². The van der Waals surface area contributed by atoms with Crippen LogP contribution in [0.4, 0.5) is 0 Å². The molecular formula is C26H24. The van der Waals surface area contributed by atoms with Crippen molar-refractivity contribution in [1.29, 1.82) is 0 Å². The first-order valence-corrected chi connectivity index (χ1v) is 9.21. The van der Waals surface area contributed by atoms with Crippen molar-refractivity contribution in [1.82, 2.24) is 0 Å². The molecule has 0 aromatic heterocycles. The number of benzene rings is 4. The molecular weight excluding hydrogens is 312 g/mol. The summed E-state index contributed by atoms with van der Waals surface area (Å²) in [4.78, 5) is 0. The summed E-state index contributed by atoms with van der Waals surface area (Å²) in [5.74, 6) is 0. The number of hydrogen-bond donors (Lipinski definition) is 0. The lowest BCUT2D eigenvalue weighted by atomic mass is 9.91. The van der Waals surface area contributed by atoms with Crippen LogP contribution >= 0.6 is 0 Å². The van der Waals surface area contributed by atoms with Crippen molar-refractivity contribution >= 4 is 33.7 Å². The predicted octanol–water partition coefficient (Wildman–Crippen LogP) is 7.40. The highest BCUT2D eigenvalue weighted by Crippen LogP contribution is 2.33. The summed E-state index contributed by atoms with van der Waals surface area (Å²) in [5.41, 5.74) is 7.85. The van der Waals surface area contributed by atoms with Gasteiger partial charge < -0.3 is 0 Å². The van der Waals surface area contributed by atoms with Crippen LogP contribution in [0.1, 0.15) is 33.4 Å². The Labute approximate surface area is 155 Å². The summed E-state index contributed by atoms with van der Waals surface area (Å²) in [5, 5.41) is 5.42. The molecule has 0 nitrogen and oxygen atoms in total. The summed E-state index contributed by atoms with van der Waals surface area (Å²) < 4.78 is 0. The third-order valence-electron chi connectivity index (χ3n) is 5.42. The first-order chi connectivity index (χ1) is 12.5. The predicted molar refractivity (Wildman–Crippen MR) is 116 cm³/mol. The van der Waals surface area contributed by atoms with Gasteiger partial charge in [0.25, 0.3) is 0 Å². The Morgan fingerprint density at radius 3 is 1.65 bits per heavy atom. The number of hydrogen-bond acceptors (Lipinski definition) is 0. The average Bonchev–Trinajstić information content (AvgIpc) is 2.65. The molecule has 0 spiro atoms. The summed E-state index contributed by atoms with van der Waals surface area (Å²) in [7, 11) is 0. The van der Waals surface area contributed by atoms with Crippen molar-refractivity contribution in [2.75, 3.05) is 0 Å². The first-order valence-electron chi connectivity index (χ1n) is 9.21. The van der Waals surface area contributed by atoms with Gasteiger partial charge in [-0.15, -0.1) is 0 Å². The molecule has 0 amide bonds. The lowest BCUT2D eigenvalue weighted by Crippen LogP contribution is -1.90. The lowest BCUT2D eigenvalue weighted by Gasteiger charge is -2.13. The molecule has 0 saturated carbocycles. The van der Waals surface area contributed by atoms with Crippen LogP contribution in [0.25, 0.3) is 33.7 Å². The molecule has 4 aromatic carbocycles. The summed E-state index contributed by atoms with van der Waals surface area (Å²) in [6.45, 7) is 8.77. The largest absolute Gasteiger partial charge is 0.0587 e. The van der Waals surface area contributed by atoms with E-state index in [9.17, 15) is 0 Å². The van der Waals surface area contributed by atoms with Crippen molar-refractivity contribution in [3.05, 3.63) is 94.0 Å². The van der Waals surface area contributed by atoms with Crippen molar-refractivity contribution in [3.63, 3.8) is 0 Å². The molecule has 0 atom stereocenters. The van der Waals surface area contributed by atoms with E-state index in [4.69, 9.17) is 0 Å². The zero-order chi connectivity index (χ0) is 18.3. The minimum Gasteiger partial charge on any atom is -0.0587 e. The highest BCUT2D eigenvalue weighted by molar-refractivity contribution is 6.11. The summed E-state index contributed by atoms with van der Waals surface area (Å²) in [6, 6.07) is 22.2. The van der Waals surface area contributed by atoms with E-state index in [-0.39, 0.29) is 0 Å². The van der Waals surface area contributed by atoms with Crippen LogP contribution in [-0.2, 0) is 0 Å². The van der Waals surface area contributed by atoms with E-state index in [2.05, 4.69) is 101 Å². The van der Waals surface area contributed by atoms with Crippen molar-refractivity contribution < 1.29 is 0 Å². The third kappa shape index (κ3) is 2.93. The Hall–Kier alpha value is -2.86. The zero-order valence-electron chi connectivity index (χ0n) is 15.9. The Bertz CT molecular complexity index is 1140. The molecule has 0 fully saturated rings. The minimum atomic E-state index is 1.23. The molecule has 4 rings (SSSR count). The van der Waals surface area contributed by atoms with Gasteiger partial charge in [-0.25, -0.2) is 0 Å². The van der Waals surface area contributed by atoms with Crippen LogP contribution < -0.4 is 0 Å². The second-order valence-corrected chi connectivity index (χ2v) is 7.35. The fourth-order valence-electron chi connectivity index (χ4n) is 3.69. The van der Waals surface area contributed by atoms with Crippen LogP contribution in [0.3, 0.4) is 0 Å². The second kappa shape index (κ2) is 6.46. The van der Waals surface area contributed by atoms with Gasteiger partial charge in [-0.2, -0.15) is 0 Å². The SMILES string of the molecule is Cc1ccc(/C=C/c2ccc3c(c2)c(C)c(C)c2cc(C)ccc23)cc1. The van der Waals surface area contributed by atoms with E-state index in [1.54, 1.807) is 0 Å². The zero-order valence-corrected chi connectivity index (χ0v) is 15.9. The topological polar surface area (TPSA) is 0 Å². The first kappa shape index (κ1) is 16.6. The Kier molecular flexibility index (Phi) is 4.12. The summed E-state index contributed by atoms with van der Waals surface area (Å²) >= 11 is 0. The quantitative estimate of drug-likeness (QED) is 0.264. The standard InChI is InChI=1S/C26H24/c1-17-5-8-21(9-6-17)10-11-22-12-14-24-23-13-7-18(2)15-25(23)19(3)20(4)26(24)16-22/h5-16H,1-4H3/b11-10+. The summed E-state index contributed by atoms with van der Waals surface area (Å²) in [6.07, 6.45) is 4.39. The normalized spacial score (nSPS) is 11.7. The van der Waals surface area contributed by atoms with Gasteiger partial charge >= 0.3 is 0 Å². The monoisotopic (exact) mass is 336 g/mol. The molecule has 0 N–H and O–H groups in total. The van der Waals surface area contributed by atoms with Crippen LogP contribution in [0.15, 0.2) is 60.7 Å². The van der Waals surface area contributed by atoms with Gasteiger partial charge in [0.15, 0.2) is 0 Å². The molecule has 0 saturated heterocycles. The van der Waals surface area contributed by atoms with E-state index in [0.717, 1.165) is 0 Å². The molecule has 26 heavy (non-hydrogen) atoms. The lowest BCUT2D eigenvalue weighted by molar-refractivity contribution is 1.40. The fourth-order valence-corrected chi connectivity index (χ4v) is 3.69. The van der Waals surface area contributed by atoms with Crippen LogP contribution in [0.5, 0.6) is 0 Å². The van der Waals surface area contributed by atoms with E-state index in [0.29, 0.717) is 0 Å². The fraction of sp³-hybridized carbons (Fsp3) is 0.154. The minimum absolute atomic E-state index is 1.23. The van der Waals surface area contributed by atoms with Gasteiger partial charge in [0, 0.05) is 0 Å². The number of rotatable bonds is 2. The average molecular weight is 336 g/mol. The van der Waals surface area contributed by atoms with Crippen LogP contribution in [-0.4, -0.2) is 0 Å². The molecule has 0 heteroatoms. The van der Waals surface area contributed by atoms with Gasteiger partial charge in [0.05, 0.1) is 0 Å². The Morgan fingerprint density at radius 1 is 0.462 bits per heavy atom. The maximum atomic E-state index is 2.32. The molecule has 0 heterocycles. The van der Waals surface area contributed by atoms with Crippen molar-refractivity contribution in [2.45, 2.75) is 27.7 Å². The van der Waals surface area contributed by atoms with E-state index >= 15 is 0 Å². The maximum Gasteiger partial charge on any atom is -0.0102 e. The Morgan fingerprint density at radius 2 is 0.962 bits per heavy atom. The van der Waals surface area contributed by atoms with Gasteiger partial charge in [-0.05, 0) is 77.6 Å². The van der Waals surface area contributed by atoms with Gasteiger partial charge in [-0.3, -0.25) is 0 Å². The van der Waals surface area contributed by atoms with Gasteiger partial charge in [0.1, 0.15) is 0 Å². The molecule has 128 valence electrons. The molecule has 0 aliphatic rings. The van der Waals surface area contributed by atoms with Crippen molar-refractivity contribution in [3.8, 4) is 0 Å². The molecule has 0 bridgehead atoms. The number of fused-ring (bicyclic) bond motifs is 3. The van der Waals surface area contributed by atoms with Gasteiger partial charge in [0.2, 0.25) is 0 Å². The number of aryl methyl sites for hydroxylation is 4. The third-order valence-corrected chi connectivity index (χ3v) is 5.42. The highest BCUT2D eigenvalue weighted by Gasteiger charge is 2.09. The van der Waals surface area contributed by atoms with E-state index in [1.807, 2.05) is 0 Å². The second-order valence-electron chi connectivity index (χ2n) is 7.35. The molecule has 0 unspecified atom stereocenters. The Balaban J connectivity index is 1.84. The molecule has 0 aliphatic carbocycles. The maximum absolute atomic E-state index is 2.32.